The van der Waals surface area contributed by atoms with Gasteiger partial charge in [0.1, 0.15) is 0 Å². The van der Waals surface area contributed by atoms with Crippen LogP contribution in [-0.4, -0.2) is 33.0 Å². The largest absolute Gasteiger partial charge is 0.493 e. The van der Waals surface area contributed by atoms with Crippen LogP contribution in [0, 0.1) is 5.92 Å². The molecule has 0 amide bonds. The Bertz CT molecular complexity index is 414. The van der Waals surface area contributed by atoms with Crippen molar-refractivity contribution >= 4 is 0 Å². The molecule has 4 heteroatoms. The Kier molecular flexibility index (Phi) is 5.68. The van der Waals surface area contributed by atoms with Gasteiger partial charge in [-0.2, -0.15) is 0 Å². The second-order valence-corrected chi connectivity index (χ2v) is 5.53. The summed E-state index contributed by atoms with van der Waals surface area (Å²) < 4.78 is 16.7. The Morgan fingerprint density at radius 3 is 2.70 bits per heavy atom. The molecular weight excluding hydrogens is 254 g/mol. The lowest BCUT2D eigenvalue weighted by Gasteiger charge is -2.22. The van der Waals surface area contributed by atoms with E-state index < -0.39 is 0 Å². The summed E-state index contributed by atoms with van der Waals surface area (Å²) in [7, 11) is 1.67. The summed E-state index contributed by atoms with van der Waals surface area (Å²) in [6.45, 7) is 4.42. The van der Waals surface area contributed by atoms with Gasteiger partial charge < -0.3 is 19.9 Å². The molecule has 20 heavy (non-hydrogen) atoms. The normalized spacial score (nSPS) is 17.8. The molecule has 4 nitrogen and oxygen atoms in total. The van der Waals surface area contributed by atoms with E-state index in [1.165, 1.54) is 5.56 Å². The van der Waals surface area contributed by atoms with Gasteiger partial charge in [0.05, 0.1) is 13.7 Å². The molecule has 0 aliphatic carbocycles. The van der Waals surface area contributed by atoms with E-state index in [4.69, 9.17) is 19.9 Å². The van der Waals surface area contributed by atoms with Gasteiger partial charge in [-0.1, -0.05) is 6.07 Å². The molecular formula is C16H25NO3. The Morgan fingerprint density at radius 2 is 2.05 bits per heavy atom. The molecule has 1 fully saturated rings. The highest BCUT2D eigenvalue weighted by atomic mass is 16.5. The van der Waals surface area contributed by atoms with Crippen molar-refractivity contribution in [1.29, 1.82) is 0 Å². The lowest BCUT2D eigenvalue weighted by atomic mass is 10.0. The average molecular weight is 279 g/mol. The Labute approximate surface area is 121 Å². The van der Waals surface area contributed by atoms with Gasteiger partial charge in [0.25, 0.3) is 0 Å². The molecule has 2 rings (SSSR count). The number of benzene rings is 1. The van der Waals surface area contributed by atoms with Crippen molar-refractivity contribution in [2.45, 2.75) is 32.2 Å². The summed E-state index contributed by atoms with van der Waals surface area (Å²) in [4.78, 5) is 0. The monoisotopic (exact) mass is 279 g/mol. The standard InChI is InChI=1S/C16H25NO3/c1-12(17)9-14-3-4-15(16(10-14)18-2)20-11-13-5-7-19-8-6-13/h3-4,10,12-13H,5-9,11,17H2,1-2H3. The minimum absolute atomic E-state index is 0.147. The number of rotatable bonds is 6. The first-order valence-electron chi connectivity index (χ1n) is 7.32. The van der Waals surface area contributed by atoms with Crippen molar-refractivity contribution in [3.63, 3.8) is 0 Å². The van der Waals surface area contributed by atoms with Gasteiger partial charge in [0.2, 0.25) is 0 Å². The first-order chi connectivity index (χ1) is 9.69. The zero-order valence-electron chi connectivity index (χ0n) is 12.4. The van der Waals surface area contributed by atoms with Crippen LogP contribution >= 0.6 is 0 Å². The smallest absolute Gasteiger partial charge is 0.161 e. The molecule has 0 aromatic heterocycles. The van der Waals surface area contributed by atoms with E-state index in [1.807, 2.05) is 19.1 Å². The first kappa shape index (κ1) is 15.1. The molecule has 2 N–H and O–H groups in total. The molecule has 1 heterocycles. The third kappa shape index (κ3) is 4.39. The highest BCUT2D eigenvalue weighted by Gasteiger charge is 2.15. The van der Waals surface area contributed by atoms with E-state index in [1.54, 1.807) is 7.11 Å². The highest BCUT2D eigenvalue weighted by Crippen LogP contribution is 2.29. The van der Waals surface area contributed by atoms with Crippen LogP contribution in [0.2, 0.25) is 0 Å². The molecule has 112 valence electrons. The zero-order chi connectivity index (χ0) is 14.4. The maximum atomic E-state index is 5.92. The van der Waals surface area contributed by atoms with Crippen LogP contribution in [-0.2, 0) is 11.2 Å². The molecule has 0 saturated carbocycles. The predicted molar refractivity (Wildman–Crippen MR) is 79.4 cm³/mol. The van der Waals surface area contributed by atoms with E-state index in [0.717, 1.165) is 50.6 Å². The van der Waals surface area contributed by atoms with E-state index in [9.17, 15) is 0 Å². The van der Waals surface area contributed by atoms with Gasteiger partial charge in [-0.15, -0.1) is 0 Å². The number of methoxy groups -OCH3 is 1. The minimum atomic E-state index is 0.147. The first-order valence-corrected chi connectivity index (χ1v) is 7.32. The van der Waals surface area contributed by atoms with Gasteiger partial charge in [-0.3, -0.25) is 0 Å². The van der Waals surface area contributed by atoms with Crippen molar-refractivity contribution in [3.05, 3.63) is 23.8 Å². The molecule has 0 spiro atoms. The van der Waals surface area contributed by atoms with Crippen LogP contribution in [0.1, 0.15) is 25.3 Å². The number of hydrogen-bond donors (Lipinski definition) is 1. The van der Waals surface area contributed by atoms with Crippen molar-refractivity contribution in [3.8, 4) is 11.5 Å². The molecule has 1 unspecified atom stereocenters. The Hall–Kier alpha value is -1.26. The van der Waals surface area contributed by atoms with Crippen molar-refractivity contribution in [1.82, 2.24) is 0 Å². The van der Waals surface area contributed by atoms with Crippen LogP contribution in [0.5, 0.6) is 11.5 Å². The van der Waals surface area contributed by atoms with Crippen LogP contribution < -0.4 is 15.2 Å². The van der Waals surface area contributed by atoms with Crippen molar-refractivity contribution < 1.29 is 14.2 Å². The van der Waals surface area contributed by atoms with Crippen LogP contribution in [0.3, 0.4) is 0 Å². The van der Waals surface area contributed by atoms with Crippen LogP contribution in [0.25, 0.3) is 0 Å². The van der Waals surface area contributed by atoms with E-state index in [0.29, 0.717) is 5.92 Å². The molecule has 1 aromatic rings. The van der Waals surface area contributed by atoms with Gasteiger partial charge in [-0.25, -0.2) is 0 Å². The maximum absolute atomic E-state index is 5.92. The van der Waals surface area contributed by atoms with Gasteiger partial charge in [-0.05, 0) is 49.8 Å². The van der Waals surface area contributed by atoms with E-state index in [-0.39, 0.29) is 6.04 Å². The summed E-state index contributed by atoms with van der Waals surface area (Å²) in [5, 5.41) is 0. The lowest BCUT2D eigenvalue weighted by molar-refractivity contribution is 0.0493. The molecule has 1 saturated heterocycles. The molecule has 1 aliphatic rings. The minimum Gasteiger partial charge on any atom is -0.493 e. The van der Waals surface area contributed by atoms with Crippen LogP contribution in [0.15, 0.2) is 18.2 Å². The third-order valence-electron chi connectivity index (χ3n) is 3.60. The second kappa shape index (κ2) is 7.50. The number of hydrogen-bond acceptors (Lipinski definition) is 4. The molecule has 0 bridgehead atoms. The molecule has 1 atom stereocenters. The van der Waals surface area contributed by atoms with Crippen molar-refractivity contribution in [2.75, 3.05) is 26.9 Å². The second-order valence-electron chi connectivity index (χ2n) is 5.53. The number of ether oxygens (including phenoxy) is 3. The number of nitrogens with two attached hydrogens (primary N) is 1. The topological polar surface area (TPSA) is 53.7 Å². The lowest BCUT2D eigenvalue weighted by Crippen LogP contribution is -2.21. The quantitative estimate of drug-likeness (QED) is 0.868. The van der Waals surface area contributed by atoms with Gasteiger partial charge >= 0.3 is 0 Å². The summed E-state index contributed by atoms with van der Waals surface area (Å²) in [6.07, 6.45) is 2.99. The Morgan fingerprint density at radius 1 is 1.30 bits per heavy atom. The fourth-order valence-corrected chi connectivity index (χ4v) is 2.45. The zero-order valence-corrected chi connectivity index (χ0v) is 12.4. The van der Waals surface area contributed by atoms with E-state index >= 15 is 0 Å². The molecule has 0 radical (unpaired) electrons. The SMILES string of the molecule is COc1cc(CC(C)N)ccc1OCC1CCOCC1. The summed E-state index contributed by atoms with van der Waals surface area (Å²) in [5.41, 5.74) is 7.00. The Balaban J connectivity index is 1.95. The van der Waals surface area contributed by atoms with Crippen LogP contribution in [0.4, 0.5) is 0 Å². The highest BCUT2D eigenvalue weighted by molar-refractivity contribution is 5.43. The van der Waals surface area contributed by atoms with Gasteiger partial charge in [0, 0.05) is 19.3 Å². The molecule has 1 aromatic carbocycles. The fourth-order valence-electron chi connectivity index (χ4n) is 2.45. The maximum Gasteiger partial charge on any atom is 0.161 e. The third-order valence-corrected chi connectivity index (χ3v) is 3.60. The fraction of sp³-hybridized carbons (Fsp3) is 0.625. The van der Waals surface area contributed by atoms with E-state index in [2.05, 4.69) is 6.07 Å². The summed E-state index contributed by atoms with van der Waals surface area (Å²) in [6, 6.07) is 6.21. The van der Waals surface area contributed by atoms with Crippen molar-refractivity contribution in [2.24, 2.45) is 11.7 Å². The predicted octanol–water partition coefficient (Wildman–Crippen LogP) is 2.39. The summed E-state index contributed by atoms with van der Waals surface area (Å²) in [5.74, 6) is 2.18. The molecule has 1 aliphatic heterocycles. The average Bonchev–Trinajstić information content (AvgIpc) is 2.46. The van der Waals surface area contributed by atoms with Gasteiger partial charge in [0.15, 0.2) is 11.5 Å². The summed E-state index contributed by atoms with van der Waals surface area (Å²) >= 11 is 0.